The number of ether oxygens (including phenoxy) is 2. The van der Waals surface area contributed by atoms with E-state index in [1.54, 1.807) is 14.2 Å². The van der Waals surface area contributed by atoms with Crippen LogP contribution in [-0.2, 0) is 10.1 Å². The summed E-state index contributed by atoms with van der Waals surface area (Å²) in [7, 11) is -1.47. The van der Waals surface area contributed by atoms with Gasteiger partial charge in [0.05, 0.1) is 14.2 Å². The van der Waals surface area contributed by atoms with E-state index in [0.717, 1.165) is 16.3 Å². The maximum Gasteiger partial charge on any atom is 0.296 e. The van der Waals surface area contributed by atoms with Gasteiger partial charge in [0, 0.05) is 36.2 Å². The molecule has 0 radical (unpaired) electrons. The molecule has 0 aliphatic rings. The van der Waals surface area contributed by atoms with Gasteiger partial charge in [0.25, 0.3) is 10.1 Å². The average molecular weight is 596 g/mol. The zero-order chi connectivity index (χ0) is 24.7. The standard InChI is InChI=1S/C28H21IO5S/c1-33-26-19-15-9-10-16-20(19)27(34-2)24-23(26)21(17-11-5-3-6-12-17)22(18-13-7-4-8-14-18)28(25(24)29)35(30,31)32/h3-16H,1-2H3,(H,30,31,32). The molecule has 5 aromatic rings. The molecule has 7 heteroatoms. The van der Waals surface area contributed by atoms with E-state index >= 15 is 0 Å². The topological polar surface area (TPSA) is 72.8 Å². The Hall–Kier alpha value is -3.14. The first-order chi connectivity index (χ1) is 16.9. The van der Waals surface area contributed by atoms with E-state index in [2.05, 4.69) is 0 Å². The molecule has 35 heavy (non-hydrogen) atoms. The predicted octanol–water partition coefficient (Wildman–Crippen LogP) is 7.20. The van der Waals surface area contributed by atoms with Crippen LogP contribution in [0, 0.1) is 3.57 Å². The summed E-state index contributed by atoms with van der Waals surface area (Å²) in [6.07, 6.45) is 0. The lowest BCUT2D eigenvalue weighted by Gasteiger charge is -2.24. The summed E-state index contributed by atoms with van der Waals surface area (Å²) in [5, 5.41) is 2.90. The molecule has 0 saturated carbocycles. The molecule has 0 atom stereocenters. The Bertz CT molecular complexity index is 1680. The highest BCUT2D eigenvalue weighted by Gasteiger charge is 2.32. The zero-order valence-electron chi connectivity index (χ0n) is 18.9. The number of hydrogen-bond acceptors (Lipinski definition) is 4. The van der Waals surface area contributed by atoms with Gasteiger partial charge in [-0.3, -0.25) is 4.55 Å². The minimum absolute atomic E-state index is 0.161. The molecule has 1 N–H and O–H groups in total. The first kappa shape index (κ1) is 23.6. The summed E-state index contributed by atoms with van der Waals surface area (Å²) in [5.74, 6) is 1.12. The molecule has 5 nitrogen and oxygen atoms in total. The highest BCUT2D eigenvalue weighted by molar-refractivity contribution is 14.1. The van der Waals surface area contributed by atoms with Gasteiger partial charge in [0.15, 0.2) is 0 Å². The molecule has 0 bridgehead atoms. The molecule has 0 amide bonds. The van der Waals surface area contributed by atoms with E-state index in [-0.39, 0.29) is 4.90 Å². The van der Waals surface area contributed by atoms with Crippen molar-refractivity contribution in [1.82, 2.24) is 0 Å². The molecular formula is C28H21IO5S. The third-order valence-electron chi connectivity index (χ3n) is 6.06. The molecule has 0 fully saturated rings. The van der Waals surface area contributed by atoms with Gasteiger partial charge in [-0.2, -0.15) is 8.42 Å². The van der Waals surface area contributed by atoms with E-state index in [1.807, 2.05) is 108 Å². The maximum absolute atomic E-state index is 13.0. The average Bonchev–Trinajstić information content (AvgIpc) is 2.87. The van der Waals surface area contributed by atoms with Crippen LogP contribution in [0.25, 0.3) is 43.8 Å². The summed E-state index contributed by atoms with van der Waals surface area (Å²) in [4.78, 5) is -0.161. The van der Waals surface area contributed by atoms with E-state index in [4.69, 9.17) is 9.47 Å². The van der Waals surface area contributed by atoms with Crippen molar-refractivity contribution in [2.24, 2.45) is 0 Å². The van der Waals surface area contributed by atoms with Gasteiger partial charge in [0.2, 0.25) is 0 Å². The van der Waals surface area contributed by atoms with Gasteiger partial charge >= 0.3 is 0 Å². The van der Waals surface area contributed by atoms with Crippen LogP contribution in [0.2, 0.25) is 0 Å². The summed E-state index contributed by atoms with van der Waals surface area (Å²) in [6, 6.07) is 26.4. The van der Waals surface area contributed by atoms with Crippen LogP contribution in [0.5, 0.6) is 11.5 Å². The molecule has 0 unspecified atom stereocenters. The van der Waals surface area contributed by atoms with Crippen molar-refractivity contribution in [3.63, 3.8) is 0 Å². The highest BCUT2D eigenvalue weighted by Crippen LogP contribution is 2.53. The molecule has 0 aliphatic heterocycles. The minimum atomic E-state index is -4.64. The van der Waals surface area contributed by atoms with Crippen molar-refractivity contribution in [3.8, 4) is 33.8 Å². The Kier molecular flexibility index (Phi) is 6.16. The number of benzene rings is 5. The van der Waals surface area contributed by atoms with Crippen molar-refractivity contribution in [1.29, 1.82) is 0 Å². The third-order valence-corrected chi connectivity index (χ3v) is 8.43. The van der Waals surface area contributed by atoms with Crippen LogP contribution in [0.3, 0.4) is 0 Å². The Morgan fingerprint density at radius 3 is 1.54 bits per heavy atom. The maximum atomic E-state index is 13.0. The lowest BCUT2D eigenvalue weighted by molar-refractivity contribution is 0.417. The Labute approximate surface area is 217 Å². The zero-order valence-corrected chi connectivity index (χ0v) is 21.9. The van der Waals surface area contributed by atoms with Crippen LogP contribution in [0.1, 0.15) is 0 Å². The van der Waals surface area contributed by atoms with E-state index in [1.165, 1.54) is 0 Å². The van der Waals surface area contributed by atoms with Gasteiger partial charge < -0.3 is 9.47 Å². The third kappa shape index (κ3) is 3.84. The molecular weight excluding hydrogens is 575 g/mol. The van der Waals surface area contributed by atoms with Crippen molar-refractivity contribution in [3.05, 3.63) is 88.5 Å². The summed E-state index contributed by atoms with van der Waals surface area (Å²) >= 11 is 1.99. The number of fused-ring (bicyclic) bond motifs is 2. The van der Waals surface area contributed by atoms with Gasteiger partial charge in [-0.05, 0) is 33.7 Å². The predicted molar refractivity (Wildman–Crippen MR) is 148 cm³/mol. The van der Waals surface area contributed by atoms with Crippen molar-refractivity contribution >= 4 is 54.3 Å². The highest BCUT2D eigenvalue weighted by atomic mass is 127. The van der Waals surface area contributed by atoms with Crippen LogP contribution in [-0.4, -0.2) is 27.2 Å². The fraction of sp³-hybridized carbons (Fsp3) is 0.0714. The van der Waals surface area contributed by atoms with Crippen LogP contribution in [0.15, 0.2) is 89.8 Å². The van der Waals surface area contributed by atoms with Gasteiger partial charge in [-0.25, -0.2) is 0 Å². The number of hydrogen-bond donors (Lipinski definition) is 1. The van der Waals surface area contributed by atoms with Crippen LogP contribution >= 0.6 is 22.6 Å². The number of methoxy groups -OCH3 is 2. The molecule has 5 rings (SSSR count). The van der Waals surface area contributed by atoms with E-state index in [0.29, 0.717) is 42.5 Å². The normalized spacial score (nSPS) is 11.7. The molecule has 0 saturated heterocycles. The van der Waals surface area contributed by atoms with Gasteiger partial charge in [0.1, 0.15) is 16.4 Å². The Morgan fingerprint density at radius 1 is 0.657 bits per heavy atom. The fourth-order valence-corrected chi connectivity index (χ4v) is 7.15. The summed E-state index contributed by atoms with van der Waals surface area (Å²) in [6.45, 7) is 0. The quantitative estimate of drug-likeness (QED) is 0.132. The first-order valence-corrected chi connectivity index (χ1v) is 13.3. The number of rotatable bonds is 5. The minimum Gasteiger partial charge on any atom is -0.495 e. The van der Waals surface area contributed by atoms with Crippen molar-refractivity contribution in [2.75, 3.05) is 14.2 Å². The lowest BCUT2D eigenvalue weighted by Crippen LogP contribution is -2.08. The van der Waals surface area contributed by atoms with Gasteiger partial charge in [-0.1, -0.05) is 84.9 Å². The molecule has 0 heterocycles. The summed E-state index contributed by atoms with van der Waals surface area (Å²) < 4.78 is 48.7. The molecule has 0 spiro atoms. The molecule has 0 aliphatic carbocycles. The second kappa shape index (κ2) is 9.14. The van der Waals surface area contributed by atoms with Gasteiger partial charge in [-0.15, -0.1) is 0 Å². The monoisotopic (exact) mass is 596 g/mol. The summed E-state index contributed by atoms with van der Waals surface area (Å²) in [5.41, 5.74) is 2.49. The van der Waals surface area contributed by atoms with Crippen molar-refractivity contribution < 1.29 is 22.4 Å². The second-order valence-corrected chi connectivity index (χ2v) is 10.4. The lowest BCUT2D eigenvalue weighted by atomic mass is 9.87. The van der Waals surface area contributed by atoms with Crippen molar-refractivity contribution in [2.45, 2.75) is 4.90 Å². The largest absolute Gasteiger partial charge is 0.495 e. The molecule has 5 aromatic carbocycles. The first-order valence-electron chi connectivity index (χ1n) is 10.8. The van der Waals surface area contributed by atoms with Crippen LogP contribution < -0.4 is 9.47 Å². The molecule has 176 valence electrons. The second-order valence-electron chi connectivity index (χ2n) is 7.96. The number of halogens is 1. The smallest absolute Gasteiger partial charge is 0.296 e. The van der Waals surface area contributed by atoms with E-state index in [9.17, 15) is 13.0 Å². The van der Waals surface area contributed by atoms with E-state index < -0.39 is 10.1 Å². The Morgan fingerprint density at radius 2 is 1.09 bits per heavy atom. The molecule has 0 aromatic heterocycles. The SMILES string of the molecule is COc1c2ccccc2c(OC)c2c(-c3ccccc3)c(-c3ccccc3)c(S(=O)(=O)O)c(I)c12. The van der Waals surface area contributed by atoms with Crippen LogP contribution in [0.4, 0.5) is 0 Å². The fourth-order valence-electron chi connectivity index (χ4n) is 4.73. The Balaban J connectivity index is 2.21.